The Bertz CT molecular complexity index is 2320. The molecule has 2 aliphatic carbocycles. The number of nitrogens with zero attached hydrogens (tertiary/aromatic N) is 6. The molecule has 40 heteroatoms. The van der Waals surface area contributed by atoms with Crippen molar-refractivity contribution in [1.29, 1.82) is 0 Å². The van der Waals surface area contributed by atoms with Gasteiger partial charge in [-0.3, -0.25) is 19.2 Å². The zero-order valence-corrected chi connectivity index (χ0v) is 46.6. The van der Waals surface area contributed by atoms with Gasteiger partial charge in [-0.25, -0.2) is 20.0 Å². The van der Waals surface area contributed by atoms with Gasteiger partial charge in [0.2, 0.25) is 11.8 Å². The molecule has 40 nitrogen and oxygen atoms in total. The van der Waals surface area contributed by atoms with E-state index < -0.39 is 244 Å². The number of guanidine groups is 4. The number of ether oxygens (including phenoxy) is 8. The van der Waals surface area contributed by atoms with Crippen LogP contribution in [0.4, 0.5) is 0 Å². The van der Waals surface area contributed by atoms with E-state index in [2.05, 4.69) is 20.0 Å². The minimum Gasteiger partial charge on any atom is -0.394 e. The summed E-state index contributed by atoms with van der Waals surface area (Å²) in [7, 11) is 2.08. The van der Waals surface area contributed by atoms with E-state index in [1.54, 1.807) is 0 Å². The Morgan fingerprint density at radius 2 is 0.756 bits per heavy atom. The van der Waals surface area contributed by atoms with Crippen LogP contribution >= 0.6 is 0 Å². The van der Waals surface area contributed by atoms with Crippen molar-refractivity contribution < 1.29 is 129 Å². The maximum absolute atomic E-state index is 14.2. The number of likely N-dealkylation sites (N-methyl/N-ethyl adjacent to an activating group) is 2. The number of aliphatic hydroxyl groups excluding tert-OH is 12. The highest BCUT2D eigenvalue weighted by molar-refractivity contribution is 5.84. The van der Waals surface area contributed by atoms with Crippen molar-refractivity contribution >= 4 is 48.2 Å². The molecule has 12 unspecified atom stereocenters. The number of aliphatic imine (C=N–C) groups is 4. The highest BCUT2D eigenvalue weighted by Gasteiger charge is 2.64. The molecule has 0 aromatic heterocycles. The lowest BCUT2D eigenvalue weighted by Gasteiger charge is -2.48. The molecule has 490 valence electrons. The molecule has 4 saturated heterocycles. The molecular formula is C46H80N14O26. The minimum absolute atomic E-state index is 0.0271. The van der Waals surface area contributed by atoms with Gasteiger partial charge >= 0.3 is 0 Å². The molecular weight excluding hydrogens is 1160 g/mol. The van der Waals surface area contributed by atoms with Gasteiger partial charge < -0.3 is 165 Å². The number of aliphatic hydroxyl groups is 14. The molecule has 4 aliphatic heterocycles. The Morgan fingerprint density at radius 3 is 1.03 bits per heavy atom. The first-order valence-electron chi connectivity index (χ1n) is 26.7. The standard InChI is InChI=1S/C46H80N14O26/c1-11-45(77,9-63)35(39(79-11)83-33-19(57-43(51)52)25(69)17(55-41(47)48)27(71)31(33)75)85-37-21(29(73)23(67)13(7-61)81-37)59(3)15(65)5-6-16(66)60(4)22-30(74)24(68)14(8-62)82-38(22)86-36-40(80-12(2)46(36,78)10-64)84-34-20(58-44(53)54)26(70)18(56-42(49)50)28(72)32(34)76/h9-14,17-40,61-62,67-78H,5-8H2,1-4H3,(H4,47,48,55)(H4,49,50,56)(H4,51,52,57)(H4,53,54,58)/t11-,12-,13?,14?,17?,18?,19-,20-,21+,22?,23-,24-,25?,26?,27-,28-,29?,30+,31-,32?,33?,34-,35+,36?,37-,38-,39-,40-,45?,46-/m0/s1. The average molecular weight is 1250 g/mol. The largest absolute Gasteiger partial charge is 0.394 e. The van der Waals surface area contributed by atoms with Crippen molar-refractivity contribution in [3.05, 3.63) is 0 Å². The molecule has 0 aromatic carbocycles. The van der Waals surface area contributed by atoms with Gasteiger partial charge in [0, 0.05) is 26.9 Å². The first-order valence-corrected chi connectivity index (χ1v) is 26.7. The quantitative estimate of drug-likeness (QED) is 0.0288. The molecule has 0 radical (unpaired) electrons. The first kappa shape index (κ1) is 69.6. The van der Waals surface area contributed by atoms with Crippen LogP contribution in [0.5, 0.6) is 0 Å². The maximum atomic E-state index is 14.2. The summed E-state index contributed by atoms with van der Waals surface area (Å²) in [6.45, 7) is 0.334. The van der Waals surface area contributed by atoms with Crippen LogP contribution in [0, 0.1) is 0 Å². The Kier molecular flexibility index (Phi) is 22.6. The zero-order chi connectivity index (χ0) is 64.5. The van der Waals surface area contributed by atoms with Gasteiger partial charge in [-0.15, -0.1) is 0 Å². The van der Waals surface area contributed by atoms with E-state index in [4.69, 9.17) is 83.8 Å². The van der Waals surface area contributed by atoms with E-state index in [-0.39, 0.29) is 12.6 Å². The van der Waals surface area contributed by atoms with E-state index in [1.165, 1.54) is 13.8 Å². The third-order valence-corrected chi connectivity index (χ3v) is 16.2. The van der Waals surface area contributed by atoms with Crippen LogP contribution in [0.3, 0.4) is 0 Å². The smallest absolute Gasteiger partial charge is 0.223 e. The normalized spacial score (nSPS) is 45.0. The van der Waals surface area contributed by atoms with Gasteiger partial charge in [-0.1, -0.05) is 0 Å². The lowest BCUT2D eigenvalue weighted by Crippen LogP contribution is -2.67. The summed E-state index contributed by atoms with van der Waals surface area (Å²) >= 11 is 0. The zero-order valence-electron chi connectivity index (χ0n) is 46.6. The SMILES string of the molecule is C[C@@H]1O[C@@H](OC2[C@@H](N=C(N)N)C(O)C(N=C(N)N)[C@H](O)[C@@H]2O)[C@@H](O[C@@H]2OC(CO)[C@H](O)C(O)[C@H]2N(C)C(=O)CCC(=O)N(C)C2[C@H](OC3[C@H](O[C@@H]4C(O)[C@@H](O)C(N=C(N)N)C(O)[C@@H]4N=C(N)N)O[C@@H](C)[C@@]3(O)C=O)OC(CO)[C@H](O)[C@@H]2O)C1(O)C=O. The van der Waals surface area contributed by atoms with Gasteiger partial charge in [0.25, 0.3) is 0 Å². The van der Waals surface area contributed by atoms with Crippen molar-refractivity contribution in [1.82, 2.24) is 9.80 Å². The van der Waals surface area contributed by atoms with Gasteiger partial charge in [0.05, 0.1) is 25.4 Å². The molecule has 2 amide bonds. The molecule has 30 atom stereocenters. The minimum atomic E-state index is -2.75. The van der Waals surface area contributed by atoms with Gasteiger partial charge in [0.15, 0.2) is 72.8 Å². The van der Waals surface area contributed by atoms with Crippen molar-refractivity contribution in [2.45, 2.75) is 209 Å². The number of hydrogen-bond acceptors (Lipinski definition) is 30. The van der Waals surface area contributed by atoms with Crippen molar-refractivity contribution in [3.8, 4) is 0 Å². The average Bonchev–Trinajstić information content (AvgIpc) is 1.57. The number of rotatable bonds is 21. The van der Waals surface area contributed by atoms with Crippen LogP contribution in [0.1, 0.15) is 26.7 Å². The predicted molar refractivity (Wildman–Crippen MR) is 282 cm³/mol. The maximum Gasteiger partial charge on any atom is 0.223 e. The molecule has 4 heterocycles. The molecule has 0 bridgehead atoms. The lowest BCUT2D eigenvalue weighted by molar-refractivity contribution is -0.322. The van der Waals surface area contributed by atoms with Crippen LogP contribution in [-0.4, -0.2) is 339 Å². The van der Waals surface area contributed by atoms with E-state index in [1.807, 2.05) is 0 Å². The number of nitrogens with two attached hydrogens (primary N) is 8. The highest BCUT2D eigenvalue weighted by Crippen LogP contribution is 2.42. The van der Waals surface area contributed by atoms with Gasteiger partial charge in [0.1, 0.15) is 134 Å². The van der Waals surface area contributed by atoms with Crippen molar-refractivity contribution in [2.24, 2.45) is 65.8 Å². The van der Waals surface area contributed by atoms with Crippen LogP contribution in [-0.2, 0) is 57.1 Å². The number of aldehydes is 2. The molecule has 86 heavy (non-hydrogen) atoms. The summed E-state index contributed by atoms with van der Waals surface area (Å²) in [5, 5.41) is 156. The number of hydrogen-bond donors (Lipinski definition) is 22. The third kappa shape index (κ3) is 13.7. The Hall–Kier alpha value is -5.52. The van der Waals surface area contributed by atoms with E-state index >= 15 is 0 Å². The fourth-order valence-corrected chi connectivity index (χ4v) is 11.2. The first-order chi connectivity index (χ1) is 40.1. The summed E-state index contributed by atoms with van der Waals surface area (Å²) in [6, 6.07) is -10.5. The summed E-state index contributed by atoms with van der Waals surface area (Å²) < 4.78 is 47.3. The summed E-state index contributed by atoms with van der Waals surface area (Å²) in [6.07, 6.45) is -44.7. The second-order valence-corrected chi connectivity index (χ2v) is 21.6. The molecule has 0 aromatic rings. The van der Waals surface area contributed by atoms with E-state index in [9.17, 15) is 90.7 Å². The van der Waals surface area contributed by atoms with Crippen LogP contribution < -0.4 is 45.9 Å². The van der Waals surface area contributed by atoms with Crippen LogP contribution in [0.2, 0.25) is 0 Å². The number of amides is 2. The summed E-state index contributed by atoms with van der Waals surface area (Å²) in [5.74, 6) is -4.69. The Morgan fingerprint density at radius 1 is 0.453 bits per heavy atom. The predicted octanol–water partition coefficient (Wildman–Crippen LogP) is -16.1. The van der Waals surface area contributed by atoms with Crippen molar-refractivity contribution in [2.75, 3.05) is 27.3 Å². The third-order valence-electron chi connectivity index (χ3n) is 16.2. The molecule has 6 aliphatic rings. The second kappa shape index (κ2) is 27.9. The Balaban J connectivity index is 1.25. The van der Waals surface area contributed by atoms with Gasteiger partial charge in [-0.2, -0.15) is 0 Å². The van der Waals surface area contributed by atoms with Crippen LogP contribution in [0.25, 0.3) is 0 Å². The lowest BCUT2D eigenvalue weighted by atomic mass is 9.81. The number of carbonyl (C=O) groups is 4. The molecule has 30 N–H and O–H groups in total. The van der Waals surface area contributed by atoms with E-state index in [0.717, 1.165) is 23.9 Å². The molecule has 0 spiro atoms. The molecule has 6 fully saturated rings. The summed E-state index contributed by atoms with van der Waals surface area (Å²) in [4.78, 5) is 70.7. The number of carbonyl (C=O) groups excluding carboxylic acids is 4. The van der Waals surface area contributed by atoms with Gasteiger partial charge in [-0.05, 0) is 13.8 Å². The second-order valence-electron chi connectivity index (χ2n) is 21.6. The summed E-state index contributed by atoms with van der Waals surface area (Å²) in [5.41, 5.74) is 38.9. The molecule has 2 saturated carbocycles. The van der Waals surface area contributed by atoms with E-state index in [0.29, 0.717) is 0 Å². The monoisotopic (exact) mass is 1240 g/mol. The topological polar surface area (TPSA) is 689 Å². The fraction of sp³-hybridized carbons (Fsp3) is 0.826. The molecule has 6 rings (SSSR count). The van der Waals surface area contributed by atoms with Crippen LogP contribution in [0.15, 0.2) is 20.0 Å². The fourth-order valence-electron chi connectivity index (χ4n) is 11.2. The van der Waals surface area contributed by atoms with Crippen molar-refractivity contribution in [3.63, 3.8) is 0 Å². The Labute approximate surface area is 488 Å². The highest BCUT2D eigenvalue weighted by atomic mass is 16.8.